The van der Waals surface area contributed by atoms with Crippen LogP contribution in [0, 0.1) is 11.6 Å². The van der Waals surface area contributed by atoms with Gasteiger partial charge in [-0.25, -0.2) is 8.78 Å². The highest BCUT2D eigenvalue weighted by Gasteiger charge is 2.23. The summed E-state index contributed by atoms with van der Waals surface area (Å²) < 4.78 is 35.2. The molecule has 270 valence electrons. The van der Waals surface area contributed by atoms with E-state index in [-0.39, 0.29) is 42.1 Å². The van der Waals surface area contributed by atoms with Gasteiger partial charge in [0.25, 0.3) is 11.8 Å². The van der Waals surface area contributed by atoms with Gasteiger partial charge in [0.15, 0.2) is 23.2 Å². The van der Waals surface area contributed by atoms with E-state index in [1.807, 2.05) is 43.3 Å². The summed E-state index contributed by atoms with van der Waals surface area (Å²) >= 11 is 0. The number of azide groups is 1. The highest BCUT2D eigenvalue weighted by atomic mass is 19.1. The smallest absolute Gasteiger partial charge is 0.251 e. The predicted octanol–water partition coefficient (Wildman–Crippen LogP) is 7.24. The second-order valence-electron chi connectivity index (χ2n) is 11.9. The number of Topliss-reactive ketones (excluding diaryl/α,β-unsaturated/α-hetero) is 1. The summed E-state index contributed by atoms with van der Waals surface area (Å²) in [4.78, 5) is 43.3. The molecule has 4 aromatic rings. The van der Waals surface area contributed by atoms with Crippen LogP contribution in [0.25, 0.3) is 10.4 Å². The van der Waals surface area contributed by atoms with Crippen LogP contribution in [0.2, 0.25) is 0 Å². The Morgan fingerprint density at radius 3 is 2.13 bits per heavy atom. The maximum Gasteiger partial charge on any atom is 0.251 e. The lowest BCUT2D eigenvalue weighted by atomic mass is 10.0. The minimum atomic E-state index is -1.03. The molecular formula is C37H39F2N9O4. The maximum atomic E-state index is 15.0. The van der Waals surface area contributed by atoms with Crippen LogP contribution in [0.5, 0.6) is 5.75 Å². The predicted molar refractivity (Wildman–Crippen MR) is 194 cm³/mol. The van der Waals surface area contributed by atoms with Crippen molar-refractivity contribution in [1.29, 1.82) is 0 Å². The molecule has 4 rings (SSSR count). The van der Waals surface area contributed by atoms with E-state index < -0.39 is 41.7 Å². The summed E-state index contributed by atoms with van der Waals surface area (Å²) in [6, 6.07) is 21.1. The first-order valence-corrected chi connectivity index (χ1v) is 16.4. The van der Waals surface area contributed by atoms with Gasteiger partial charge in [-0.15, -0.1) is 0 Å². The van der Waals surface area contributed by atoms with Crippen LogP contribution in [-0.2, 0) is 11.2 Å². The Morgan fingerprint density at radius 1 is 0.865 bits per heavy atom. The molecule has 15 heteroatoms. The van der Waals surface area contributed by atoms with Crippen molar-refractivity contribution >= 4 is 40.3 Å². The van der Waals surface area contributed by atoms with Gasteiger partial charge in [0.1, 0.15) is 6.61 Å². The average molecular weight is 712 g/mol. The number of anilines is 1. The summed E-state index contributed by atoms with van der Waals surface area (Å²) in [6.07, 6.45) is 1.43. The van der Waals surface area contributed by atoms with Crippen molar-refractivity contribution < 1.29 is 27.9 Å². The van der Waals surface area contributed by atoms with Crippen molar-refractivity contribution in [3.8, 4) is 5.75 Å². The molecule has 0 aliphatic carbocycles. The fourth-order valence-corrected chi connectivity index (χ4v) is 4.98. The molecule has 1 atom stereocenters. The number of nitrogens with one attached hydrogen (secondary N) is 2. The van der Waals surface area contributed by atoms with Crippen LogP contribution in [0.3, 0.4) is 0 Å². The minimum Gasteiger partial charge on any atom is -0.480 e. The molecule has 0 saturated heterocycles. The summed E-state index contributed by atoms with van der Waals surface area (Å²) in [5, 5.41) is 17.2. The van der Waals surface area contributed by atoms with Crippen LogP contribution in [0.15, 0.2) is 100 Å². The van der Waals surface area contributed by atoms with Gasteiger partial charge in [-0.1, -0.05) is 17.2 Å². The van der Waals surface area contributed by atoms with Crippen LogP contribution in [0.1, 0.15) is 45.5 Å². The second-order valence-corrected chi connectivity index (χ2v) is 11.9. The SMILES string of the molecule is CN(C)c1ccc(N=Nc2ccc(C(=O)NCCc3cc(F)c(OCC(=O)C(CCCCN)NC(=O)c4cccc(N=[N+]=[N-])c4)c(F)c3)cc2)cc1. The first-order valence-electron chi connectivity index (χ1n) is 16.4. The normalized spacial score (nSPS) is 11.4. The number of unbranched alkanes of at least 4 members (excludes halogenated alkanes) is 1. The number of halogens is 2. The number of nitrogens with zero attached hydrogens (tertiary/aromatic N) is 6. The molecular weight excluding hydrogens is 672 g/mol. The van der Waals surface area contributed by atoms with Gasteiger partial charge in [-0.3, -0.25) is 14.4 Å². The largest absolute Gasteiger partial charge is 0.480 e. The van der Waals surface area contributed by atoms with E-state index in [1.54, 1.807) is 24.3 Å². The third-order valence-corrected chi connectivity index (χ3v) is 7.80. The Bertz CT molecular complexity index is 1910. The van der Waals surface area contributed by atoms with E-state index in [0.717, 1.165) is 17.8 Å². The van der Waals surface area contributed by atoms with Crippen molar-refractivity contribution in [2.45, 2.75) is 31.7 Å². The lowest BCUT2D eigenvalue weighted by Gasteiger charge is -2.18. The Balaban J connectivity index is 1.29. The van der Waals surface area contributed by atoms with Gasteiger partial charge >= 0.3 is 0 Å². The zero-order valence-corrected chi connectivity index (χ0v) is 28.8. The first-order chi connectivity index (χ1) is 25.1. The summed E-state index contributed by atoms with van der Waals surface area (Å²) in [7, 11) is 3.89. The Kier molecular flexibility index (Phi) is 14.3. The molecule has 1 unspecified atom stereocenters. The molecule has 4 aromatic carbocycles. The number of benzene rings is 4. The van der Waals surface area contributed by atoms with Crippen molar-refractivity contribution in [2.24, 2.45) is 21.1 Å². The number of hydrogen-bond donors (Lipinski definition) is 3. The number of carbonyl (C=O) groups excluding carboxylic acids is 3. The zero-order chi connectivity index (χ0) is 37.5. The van der Waals surface area contributed by atoms with E-state index in [2.05, 4.69) is 30.9 Å². The van der Waals surface area contributed by atoms with Crippen molar-refractivity contribution in [1.82, 2.24) is 10.6 Å². The fraction of sp³-hybridized carbons (Fsp3) is 0.270. The van der Waals surface area contributed by atoms with Crippen LogP contribution < -0.4 is 26.0 Å². The third-order valence-electron chi connectivity index (χ3n) is 7.80. The van der Waals surface area contributed by atoms with Crippen LogP contribution in [-0.4, -0.2) is 57.4 Å². The number of ether oxygens (including phenoxy) is 1. The maximum absolute atomic E-state index is 15.0. The Morgan fingerprint density at radius 2 is 1.52 bits per heavy atom. The van der Waals surface area contributed by atoms with Gasteiger partial charge in [-0.2, -0.15) is 10.2 Å². The Labute approximate surface area is 299 Å². The van der Waals surface area contributed by atoms with Gasteiger partial charge in [0, 0.05) is 48.1 Å². The summed E-state index contributed by atoms with van der Waals surface area (Å²) in [5.74, 6) is -4.36. The number of ketones is 1. The number of nitrogens with two attached hydrogens (primary N) is 1. The van der Waals surface area contributed by atoms with Crippen LogP contribution in [0.4, 0.5) is 31.5 Å². The first kappa shape index (κ1) is 38.6. The van der Waals surface area contributed by atoms with E-state index in [1.165, 1.54) is 24.3 Å². The molecule has 0 bridgehead atoms. The molecule has 2 amide bonds. The van der Waals surface area contributed by atoms with E-state index in [0.29, 0.717) is 36.3 Å². The molecule has 0 radical (unpaired) electrons. The zero-order valence-electron chi connectivity index (χ0n) is 28.8. The molecule has 0 aliphatic rings. The van der Waals surface area contributed by atoms with Gasteiger partial charge < -0.3 is 26.0 Å². The topological polar surface area (TPSA) is 187 Å². The lowest BCUT2D eigenvalue weighted by Crippen LogP contribution is -2.43. The van der Waals surface area contributed by atoms with Crippen molar-refractivity contribution in [3.63, 3.8) is 0 Å². The van der Waals surface area contributed by atoms with Crippen molar-refractivity contribution in [3.05, 3.63) is 124 Å². The number of rotatable bonds is 18. The summed E-state index contributed by atoms with van der Waals surface area (Å²) in [5.41, 5.74) is 17.5. The van der Waals surface area contributed by atoms with E-state index >= 15 is 0 Å². The monoisotopic (exact) mass is 711 g/mol. The number of amides is 2. The quantitative estimate of drug-likeness (QED) is 0.0422. The van der Waals surface area contributed by atoms with Gasteiger partial charge in [0.05, 0.1) is 17.4 Å². The number of carbonyl (C=O) groups is 3. The van der Waals surface area contributed by atoms with Crippen molar-refractivity contribution in [2.75, 3.05) is 38.7 Å². The molecule has 13 nitrogen and oxygen atoms in total. The highest BCUT2D eigenvalue weighted by molar-refractivity contribution is 5.98. The standard InChI is InChI=1S/C37H39F2N9O4/c1-48(2)30-15-13-28(14-16-30)45-44-27-11-9-25(10-12-27)36(50)42-19-17-24-20-31(38)35(32(39)21-24)52-23-34(49)33(8-3-4-18-40)43-37(51)26-6-5-7-29(22-26)46-47-41/h5-7,9-16,20-22,33H,3-4,8,17-19,23,40H2,1-2H3,(H,42,50)(H,43,51). The molecule has 0 aliphatic heterocycles. The number of azo groups is 1. The third kappa shape index (κ3) is 11.4. The van der Waals surface area contributed by atoms with E-state index in [4.69, 9.17) is 16.0 Å². The molecule has 0 spiro atoms. The summed E-state index contributed by atoms with van der Waals surface area (Å²) in [6.45, 7) is -0.239. The molecule has 52 heavy (non-hydrogen) atoms. The highest BCUT2D eigenvalue weighted by Crippen LogP contribution is 2.25. The molecule has 4 N–H and O–H groups in total. The molecule has 0 heterocycles. The second kappa shape index (κ2) is 19.3. The van der Waals surface area contributed by atoms with Gasteiger partial charge in [-0.05, 0) is 116 Å². The Hall–Kier alpha value is -6.18. The fourth-order valence-electron chi connectivity index (χ4n) is 4.98. The number of hydrogen-bond acceptors (Lipinski definition) is 9. The molecule has 0 fully saturated rings. The average Bonchev–Trinajstić information content (AvgIpc) is 3.13. The molecule has 0 saturated carbocycles. The van der Waals surface area contributed by atoms with Gasteiger partial charge in [0.2, 0.25) is 0 Å². The lowest BCUT2D eigenvalue weighted by molar-refractivity contribution is -0.123. The van der Waals surface area contributed by atoms with E-state index in [9.17, 15) is 23.2 Å². The minimum absolute atomic E-state index is 0.0940. The van der Waals surface area contributed by atoms with Crippen LogP contribution >= 0.6 is 0 Å². The molecule has 0 aromatic heterocycles.